The minimum atomic E-state index is -0.206. The molecular formula is C22H24N2O3. The molecule has 1 heterocycles. The number of carbonyl (C=O) groups excluding carboxylic acids is 3. The van der Waals surface area contributed by atoms with Crippen molar-refractivity contribution >= 4 is 23.3 Å². The molecule has 1 saturated heterocycles. The average Bonchev–Trinajstić information content (AvgIpc) is 2.69. The summed E-state index contributed by atoms with van der Waals surface area (Å²) >= 11 is 0. The van der Waals surface area contributed by atoms with E-state index in [1.165, 1.54) is 6.92 Å². The Labute approximate surface area is 159 Å². The van der Waals surface area contributed by atoms with E-state index in [2.05, 4.69) is 5.32 Å². The number of carbonyl (C=O) groups is 3. The minimum absolute atomic E-state index is 0.0105. The van der Waals surface area contributed by atoms with E-state index in [4.69, 9.17) is 0 Å². The Morgan fingerprint density at radius 3 is 2.41 bits per heavy atom. The summed E-state index contributed by atoms with van der Waals surface area (Å²) in [5, 5.41) is 2.85. The van der Waals surface area contributed by atoms with Gasteiger partial charge in [-0.2, -0.15) is 0 Å². The number of nitrogens with one attached hydrogen (secondary N) is 1. The van der Waals surface area contributed by atoms with Crippen LogP contribution in [0.25, 0.3) is 0 Å². The van der Waals surface area contributed by atoms with Gasteiger partial charge in [0.05, 0.1) is 0 Å². The zero-order valence-corrected chi connectivity index (χ0v) is 15.5. The first-order valence-corrected chi connectivity index (χ1v) is 9.26. The third kappa shape index (κ3) is 5.03. The predicted molar refractivity (Wildman–Crippen MR) is 105 cm³/mol. The highest BCUT2D eigenvalue weighted by atomic mass is 16.2. The van der Waals surface area contributed by atoms with Gasteiger partial charge in [0.1, 0.15) is 5.78 Å². The van der Waals surface area contributed by atoms with Gasteiger partial charge in [0.25, 0.3) is 0 Å². The van der Waals surface area contributed by atoms with Gasteiger partial charge in [-0.25, -0.2) is 4.79 Å². The molecule has 2 aromatic carbocycles. The largest absolute Gasteiger partial charge is 0.324 e. The van der Waals surface area contributed by atoms with Gasteiger partial charge in [-0.05, 0) is 49.6 Å². The predicted octanol–water partition coefficient (Wildman–Crippen LogP) is 3.94. The van der Waals surface area contributed by atoms with Crippen LogP contribution < -0.4 is 5.32 Å². The summed E-state index contributed by atoms with van der Waals surface area (Å²) in [6.07, 6.45) is 2.05. The minimum Gasteiger partial charge on any atom is -0.324 e. The van der Waals surface area contributed by atoms with E-state index in [1.807, 2.05) is 30.3 Å². The molecule has 0 aromatic heterocycles. The van der Waals surface area contributed by atoms with Crippen molar-refractivity contribution in [3.63, 3.8) is 0 Å². The molecule has 5 nitrogen and oxygen atoms in total. The standard InChI is InChI=1S/C22H24N2O3/c1-16(25)18-9-11-20(12-10-18)23-22(27)24-13-5-8-19(15-24)21(26)14-17-6-3-2-4-7-17/h2-4,6-7,9-12,19H,5,8,13-15H2,1H3,(H,23,27)/t19-/m1/s1. The zero-order chi connectivity index (χ0) is 19.2. The van der Waals surface area contributed by atoms with E-state index in [1.54, 1.807) is 29.2 Å². The number of piperidine rings is 1. The first kappa shape index (κ1) is 18.8. The summed E-state index contributed by atoms with van der Waals surface area (Å²) in [4.78, 5) is 38.2. The molecule has 140 valence electrons. The molecule has 27 heavy (non-hydrogen) atoms. The summed E-state index contributed by atoms with van der Waals surface area (Å²) in [7, 11) is 0. The monoisotopic (exact) mass is 364 g/mol. The fraction of sp³-hybridized carbons (Fsp3) is 0.318. The van der Waals surface area contributed by atoms with Crippen LogP contribution in [0.5, 0.6) is 0 Å². The van der Waals surface area contributed by atoms with Crippen molar-refractivity contribution in [2.45, 2.75) is 26.2 Å². The lowest BCUT2D eigenvalue weighted by Gasteiger charge is -2.32. The van der Waals surface area contributed by atoms with E-state index in [9.17, 15) is 14.4 Å². The Morgan fingerprint density at radius 1 is 1.04 bits per heavy atom. The summed E-state index contributed by atoms with van der Waals surface area (Å²) in [5.74, 6) is 0.0537. The van der Waals surface area contributed by atoms with Crippen LogP contribution in [0.2, 0.25) is 0 Å². The average molecular weight is 364 g/mol. The zero-order valence-electron chi connectivity index (χ0n) is 15.5. The van der Waals surface area contributed by atoms with Crippen molar-refractivity contribution < 1.29 is 14.4 Å². The Balaban J connectivity index is 1.57. The molecule has 1 N–H and O–H groups in total. The van der Waals surface area contributed by atoms with Crippen molar-refractivity contribution in [3.05, 3.63) is 65.7 Å². The number of hydrogen-bond donors (Lipinski definition) is 1. The van der Waals surface area contributed by atoms with E-state index in [0.29, 0.717) is 30.8 Å². The number of Topliss-reactive ketones (excluding diaryl/α,β-unsaturated/α-hetero) is 2. The highest BCUT2D eigenvalue weighted by Gasteiger charge is 2.28. The molecule has 0 radical (unpaired) electrons. The van der Waals surface area contributed by atoms with Crippen LogP contribution in [0, 0.1) is 5.92 Å². The molecule has 2 aromatic rings. The third-order valence-electron chi connectivity index (χ3n) is 4.93. The lowest BCUT2D eigenvalue weighted by molar-refractivity contribution is -0.123. The maximum Gasteiger partial charge on any atom is 0.321 e. The van der Waals surface area contributed by atoms with E-state index in [0.717, 1.165) is 18.4 Å². The van der Waals surface area contributed by atoms with Gasteiger partial charge in [0.2, 0.25) is 0 Å². The third-order valence-corrected chi connectivity index (χ3v) is 4.93. The van der Waals surface area contributed by atoms with Crippen LogP contribution in [-0.2, 0) is 11.2 Å². The number of likely N-dealkylation sites (tertiary alicyclic amines) is 1. The first-order valence-electron chi connectivity index (χ1n) is 9.26. The molecule has 0 spiro atoms. The normalized spacial score (nSPS) is 16.6. The van der Waals surface area contributed by atoms with Gasteiger partial charge < -0.3 is 10.2 Å². The molecule has 0 bridgehead atoms. The van der Waals surface area contributed by atoms with E-state index in [-0.39, 0.29) is 23.5 Å². The molecule has 1 fully saturated rings. The molecule has 0 unspecified atom stereocenters. The second-order valence-corrected chi connectivity index (χ2v) is 6.98. The second kappa shape index (κ2) is 8.62. The maximum absolute atomic E-state index is 12.6. The van der Waals surface area contributed by atoms with Crippen molar-refractivity contribution in [3.8, 4) is 0 Å². The Morgan fingerprint density at radius 2 is 1.74 bits per heavy atom. The topological polar surface area (TPSA) is 66.5 Å². The van der Waals surface area contributed by atoms with E-state index < -0.39 is 0 Å². The summed E-state index contributed by atoms with van der Waals surface area (Å²) in [5.41, 5.74) is 2.26. The second-order valence-electron chi connectivity index (χ2n) is 6.98. The fourth-order valence-electron chi connectivity index (χ4n) is 3.36. The van der Waals surface area contributed by atoms with Crippen LogP contribution in [0.4, 0.5) is 10.5 Å². The molecule has 0 saturated carbocycles. The summed E-state index contributed by atoms with van der Waals surface area (Å²) in [6.45, 7) is 2.60. The first-order chi connectivity index (χ1) is 13.0. The summed E-state index contributed by atoms with van der Waals surface area (Å²) < 4.78 is 0. The lowest BCUT2D eigenvalue weighted by Crippen LogP contribution is -2.44. The number of hydrogen-bond acceptors (Lipinski definition) is 3. The smallest absolute Gasteiger partial charge is 0.321 e. The number of amides is 2. The van der Waals surface area contributed by atoms with E-state index >= 15 is 0 Å². The molecule has 1 aliphatic heterocycles. The number of benzene rings is 2. The van der Waals surface area contributed by atoms with Crippen LogP contribution in [0.15, 0.2) is 54.6 Å². The van der Waals surface area contributed by atoms with Crippen molar-refractivity contribution in [1.82, 2.24) is 4.90 Å². The van der Waals surface area contributed by atoms with Crippen LogP contribution in [-0.4, -0.2) is 35.6 Å². The number of ketones is 2. The van der Waals surface area contributed by atoms with Gasteiger partial charge in [0.15, 0.2) is 5.78 Å². The molecule has 1 atom stereocenters. The van der Waals surface area contributed by atoms with Crippen molar-refractivity contribution in [1.29, 1.82) is 0 Å². The Hall–Kier alpha value is -2.95. The molecule has 1 aliphatic rings. The molecule has 5 heteroatoms. The van der Waals surface area contributed by atoms with Crippen LogP contribution in [0.3, 0.4) is 0 Å². The Bertz CT molecular complexity index is 815. The molecule has 2 amide bonds. The van der Waals surface area contributed by atoms with Crippen LogP contribution >= 0.6 is 0 Å². The van der Waals surface area contributed by atoms with Gasteiger partial charge in [-0.1, -0.05) is 30.3 Å². The maximum atomic E-state index is 12.6. The van der Waals surface area contributed by atoms with Crippen molar-refractivity contribution in [2.24, 2.45) is 5.92 Å². The van der Waals surface area contributed by atoms with Crippen molar-refractivity contribution in [2.75, 3.05) is 18.4 Å². The number of nitrogens with zero attached hydrogens (tertiary/aromatic N) is 1. The fourth-order valence-corrected chi connectivity index (χ4v) is 3.36. The highest BCUT2D eigenvalue weighted by Crippen LogP contribution is 2.20. The van der Waals surface area contributed by atoms with Gasteiger partial charge in [-0.15, -0.1) is 0 Å². The van der Waals surface area contributed by atoms with Crippen LogP contribution in [0.1, 0.15) is 35.7 Å². The number of urea groups is 1. The highest BCUT2D eigenvalue weighted by molar-refractivity contribution is 5.95. The van der Waals surface area contributed by atoms with Gasteiger partial charge in [-0.3, -0.25) is 9.59 Å². The molecule has 3 rings (SSSR count). The Kier molecular flexibility index (Phi) is 6.01. The number of anilines is 1. The van der Waals surface area contributed by atoms with Gasteiger partial charge >= 0.3 is 6.03 Å². The van der Waals surface area contributed by atoms with Gasteiger partial charge in [0, 0.05) is 36.7 Å². The summed E-state index contributed by atoms with van der Waals surface area (Å²) in [6, 6.07) is 16.3. The number of rotatable bonds is 5. The lowest BCUT2D eigenvalue weighted by atomic mass is 9.90. The SMILES string of the molecule is CC(=O)c1ccc(NC(=O)N2CCC[C@@H](C(=O)Cc3ccccc3)C2)cc1. The molecular weight excluding hydrogens is 340 g/mol. The quantitative estimate of drug-likeness (QED) is 0.817. The molecule has 0 aliphatic carbocycles.